The summed E-state index contributed by atoms with van der Waals surface area (Å²) in [6.07, 6.45) is 1.75. The van der Waals surface area contributed by atoms with E-state index in [0.29, 0.717) is 0 Å². The van der Waals surface area contributed by atoms with E-state index in [1.807, 2.05) is 37.1 Å². The number of pyridine rings is 1. The van der Waals surface area contributed by atoms with Crippen LogP contribution in [0.2, 0.25) is 0 Å². The fourth-order valence-corrected chi connectivity index (χ4v) is 1.68. The maximum atomic E-state index is 13.1. The molecule has 0 saturated carbocycles. The van der Waals surface area contributed by atoms with Gasteiger partial charge in [0.2, 0.25) is 0 Å². The third kappa shape index (κ3) is 2.65. The zero-order valence-electron chi connectivity index (χ0n) is 10.5. The maximum Gasteiger partial charge on any atom is 0.132 e. The quantitative estimate of drug-likeness (QED) is 0.903. The Labute approximate surface area is 106 Å². The largest absolute Gasteiger partial charge is 0.329 e. The van der Waals surface area contributed by atoms with Crippen LogP contribution in [-0.2, 0) is 0 Å². The predicted octanol–water partition coefficient (Wildman–Crippen LogP) is 3.01. The van der Waals surface area contributed by atoms with Crippen LogP contribution >= 0.6 is 0 Å². The first-order valence-corrected chi connectivity index (χ1v) is 5.79. The third-order valence-corrected chi connectivity index (χ3v) is 2.84. The Morgan fingerprint density at radius 3 is 2.61 bits per heavy atom. The normalized spacial score (nSPS) is 12.2. The molecule has 0 bridgehead atoms. The Hall–Kier alpha value is -1.94. The fraction of sp³-hybridized carbons (Fsp3) is 0.214. The Morgan fingerprint density at radius 1 is 1.28 bits per heavy atom. The summed E-state index contributed by atoms with van der Waals surface area (Å²) in [5, 5.41) is 0. The van der Waals surface area contributed by atoms with Gasteiger partial charge in [-0.05, 0) is 36.8 Å². The van der Waals surface area contributed by atoms with Crippen molar-refractivity contribution >= 4 is 11.5 Å². The van der Waals surface area contributed by atoms with E-state index in [9.17, 15) is 4.39 Å². The van der Waals surface area contributed by atoms with Crippen LogP contribution < -0.4 is 10.6 Å². The zero-order valence-corrected chi connectivity index (χ0v) is 10.5. The highest BCUT2D eigenvalue weighted by atomic mass is 19.1. The van der Waals surface area contributed by atoms with Gasteiger partial charge in [0.05, 0.1) is 0 Å². The van der Waals surface area contributed by atoms with Crippen LogP contribution in [-0.4, -0.2) is 12.0 Å². The van der Waals surface area contributed by atoms with Crippen molar-refractivity contribution in [3.8, 4) is 0 Å². The molecule has 1 unspecified atom stereocenters. The lowest BCUT2D eigenvalue weighted by Gasteiger charge is -2.18. The fourth-order valence-electron chi connectivity index (χ4n) is 1.68. The highest BCUT2D eigenvalue weighted by Crippen LogP contribution is 2.22. The van der Waals surface area contributed by atoms with Crippen LogP contribution in [0, 0.1) is 5.82 Å². The number of anilines is 2. The second-order valence-corrected chi connectivity index (χ2v) is 4.28. The first-order valence-electron chi connectivity index (χ1n) is 5.79. The van der Waals surface area contributed by atoms with E-state index in [1.54, 1.807) is 12.3 Å². The highest BCUT2D eigenvalue weighted by molar-refractivity contribution is 5.58. The van der Waals surface area contributed by atoms with E-state index in [1.165, 1.54) is 12.1 Å². The number of aromatic nitrogens is 1. The number of hydrogen-bond donors (Lipinski definition) is 1. The van der Waals surface area contributed by atoms with Crippen molar-refractivity contribution in [2.24, 2.45) is 5.73 Å². The number of halogens is 1. The third-order valence-electron chi connectivity index (χ3n) is 2.84. The molecule has 4 heteroatoms. The molecule has 0 aliphatic carbocycles. The van der Waals surface area contributed by atoms with Crippen LogP contribution in [0.4, 0.5) is 15.9 Å². The number of nitrogens with two attached hydrogens (primary N) is 1. The van der Waals surface area contributed by atoms with Gasteiger partial charge >= 0.3 is 0 Å². The smallest absolute Gasteiger partial charge is 0.132 e. The van der Waals surface area contributed by atoms with Crippen molar-refractivity contribution in [2.75, 3.05) is 11.9 Å². The summed E-state index contributed by atoms with van der Waals surface area (Å²) in [7, 11) is 1.85. The summed E-state index contributed by atoms with van der Waals surface area (Å²) in [5.41, 5.74) is 7.51. The number of nitrogens with zero attached hydrogens (tertiary/aromatic N) is 2. The molecule has 0 amide bonds. The first kappa shape index (κ1) is 12.5. The molecule has 0 saturated heterocycles. The van der Waals surface area contributed by atoms with Crippen LogP contribution in [0.1, 0.15) is 18.5 Å². The minimum Gasteiger partial charge on any atom is -0.329 e. The van der Waals surface area contributed by atoms with Crippen molar-refractivity contribution in [1.82, 2.24) is 4.98 Å². The van der Waals surface area contributed by atoms with Crippen LogP contribution in [0.3, 0.4) is 0 Å². The van der Waals surface area contributed by atoms with Gasteiger partial charge in [0.1, 0.15) is 11.6 Å². The molecule has 1 aromatic carbocycles. The average Bonchev–Trinajstić information content (AvgIpc) is 2.38. The van der Waals surface area contributed by atoms with Gasteiger partial charge in [-0.1, -0.05) is 12.1 Å². The summed E-state index contributed by atoms with van der Waals surface area (Å²) in [5.74, 6) is 0.497. The highest BCUT2D eigenvalue weighted by Gasteiger charge is 2.07. The van der Waals surface area contributed by atoms with E-state index < -0.39 is 0 Å². The van der Waals surface area contributed by atoms with E-state index >= 15 is 0 Å². The molecule has 2 N–H and O–H groups in total. The molecule has 3 nitrogen and oxygen atoms in total. The Bertz CT molecular complexity index is 523. The lowest BCUT2D eigenvalue weighted by molar-refractivity contribution is 0.628. The van der Waals surface area contributed by atoms with Crippen molar-refractivity contribution in [3.63, 3.8) is 0 Å². The molecule has 0 aliphatic heterocycles. The second kappa shape index (κ2) is 5.14. The molecule has 0 spiro atoms. The molecule has 2 rings (SSSR count). The molecule has 1 aromatic heterocycles. The standard InChI is InChI=1S/C14H16FN3/c1-10(16)11-6-7-14(17-9-11)18(2)13-5-3-4-12(15)8-13/h3-10H,16H2,1-2H3. The van der Waals surface area contributed by atoms with Crippen LogP contribution in [0.15, 0.2) is 42.6 Å². The number of benzene rings is 1. The van der Waals surface area contributed by atoms with Crippen LogP contribution in [0.25, 0.3) is 0 Å². The van der Waals surface area contributed by atoms with E-state index in [0.717, 1.165) is 17.1 Å². The van der Waals surface area contributed by atoms with Gasteiger partial charge in [0.15, 0.2) is 0 Å². The van der Waals surface area contributed by atoms with Gasteiger partial charge in [0.25, 0.3) is 0 Å². The minimum absolute atomic E-state index is 0.0361. The molecule has 1 heterocycles. The molecular formula is C14H16FN3. The van der Waals surface area contributed by atoms with Crippen molar-refractivity contribution in [2.45, 2.75) is 13.0 Å². The summed E-state index contributed by atoms with van der Waals surface area (Å²) in [4.78, 5) is 6.16. The molecule has 0 aliphatic rings. The Kier molecular flexibility index (Phi) is 3.58. The summed E-state index contributed by atoms with van der Waals surface area (Å²) < 4.78 is 13.1. The average molecular weight is 245 g/mol. The van der Waals surface area contributed by atoms with Gasteiger partial charge in [-0.15, -0.1) is 0 Å². The number of hydrogen-bond acceptors (Lipinski definition) is 3. The van der Waals surface area contributed by atoms with Crippen molar-refractivity contribution in [1.29, 1.82) is 0 Å². The van der Waals surface area contributed by atoms with E-state index in [2.05, 4.69) is 4.98 Å². The maximum absolute atomic E-state index is 13.1. The van der Waals surface area contributed by atoms with Gasteiger partial charge in [0, 0.05) is 25.0 Å². The molecular weight excluding hydrogens is 229 g/mol. The SMILES string of the molecule is CC(N)c1ccc(N(C)c2cccc(F)c2)nc1. The Morgan fingerprint density at radius 2 is 2.06 bits per heavy atom. The van der Waals surface area contributed by atoms with E-state index in [-0.39, 0.29) is 11.9 Å². The summed E-state index contributed by atoms with van der Waals surface area (Å²) >= 11 is 0. The monoisotopic (exact) mass is 245 g/mol. The number of rotatable bonds is 3. The lowest BCUT2D eigenvalue weighted by atomic mass is 10.1. The molecule has 1 atom stereocenters. The van der Waals surface area contributed by atoms with E-state index in [4.69, 9.17) is 5.73 Å². The van der Waals surface area contributed by atoms with Crippen molar-refractivity contribution < 1.29 is 4.39 Å². The predicted molar refractivity (Wildman–Crippen MR) is 71.3 cm³/mol. The van der Waals surface area contributed by atoms with Gasteiger partial charge in [-0.2, -0.15) is 0 Å². The molecule has 0 fully saturated rings. The van der Waals surface area contributed by atoms with Gasteiger partial charge < -0.3 is 10.6 Å². The summed E-state index contributed by atoms with van der Waals surface area (Å²) in [6.45, 7) is 1.91. The molecule has 2 aromatic rings. The second-order valence-electron chi connectivity index (χ2n) is 4.28. The molecule has 94 valence electrons. The van der Waals surface area contributed by atoms with Gasteiger partial charge in [-0.25, -0.2) is 9.37 Å². The first-order chi connectivity index (χ1) is 8.58. The lowest BCUT2D eigenvalue weighted by Crippen LogP contribution is -2.12. The Balaban J connectivity index is 2.26. The van der Waals surface area contributed by atoms with Crippen molar-refractivity contribution in [3.05, 3.63) is 54.0 Å². The minimum atomic E-state index is -0.258. The van der Waals surface area contributed by atoms with Gasteiger partial charge in [-0.3, -0.25) is 0 Å². The zero-order chi connectivity index (χ0) is 13.1. The summed E-state index contributed by atoms with van der Waals surface area (Å²) in [6, 6.07) is 10.2. The topological polar surface area (TPSA) is 42.1 Å². The molecule has 0 radical (unpaired) electrons. The molecule has 18 heavy (non-hydrogen) atoms. The van der Waals surface area contributed by atoms with Crippen LogP contribution in [0.5, 0.6) is 0 Å².